The van der Waals surface area contributed by atoms with E-state index in [1.54, 1.807) is 7.11 Å². The number of carbonyl (C=O) groups is 1. The van der Waals surface area contributed by atoms with Gasteiger partial charge in [-0.2, -0.15) is 0 Å². The molecule has 0 aromatic heterocycles. The van der Waals surface area contributed by atoms with Gasteiger partial charge in [0.2, 0.25) is 5.91 Å². The van der Waals surface area contributed by atoms with Gasteiger partial charge in [0.15, 0.2) is 0 Å². The van der Waals surface area contributed by atoms with E-state index in [0.717, 1.165) is 71.2 Å². The summed E-state index contributed by atoms with van der Waals surface area (Å²) in [7, 11) is 1.81. The summed E-state index contributed by atoms with van der Waals surface area (Å²) in [6.45, 7) is 8.03. The molecule has 4 nitrogen and oxygen atoms in total. The van der Waals surface area contributed by atoms with Crippen LogP contribution in [0.3, 0.4) is 0 Å². The van der Waals surface area contributed by atoms with Crippen LogP contribution in [0.4, 0.5) is 0 Å². The first-order valence-electron chi connectivity index (χ1n) is 11.0. The van der Waals surface area contributed by atoms with Crippen molar-refractivity contribution in [2.45, 2.75) is 60.8 Å². The van der Waals surface area contributed by atoms with Crippen LogP contribution in [-0.2, 0) is 9.53 Å². The maximum atomic E-state index is 11.8. The van der Waals surface area contributed by atoms with Gasteiger partial charge in [-0.15, -0.1) is 34.8 Å². The monoisotopic (exact) mass is 464 g/mol. The Bertz CT molecular complexity index is 556. The zero-order chi connectivity index (χ0) is 21.0. The lowest BCUT2D eigenvalue weighted by molar-refractivity contribution is -0.127. The van der Waals surface area contributed by atoms with Gasteiger partial charge in [-0.05, 0) is 68.9 Å². The first kappa shape index (κ1) is 23.7. The fourth-order valence-electron chi connectivity index (χ4n) is 5.50. The summed E-state index contributed by atoms with van der Waals surface area (Å²) in [4.78, 5) is 16.1. The number of carbonyl (C=O) groups excluding carboxylic acids is 1. The van der Waals surface area contributed by atoms with Gasteiger partial charge in [0, 0.05) is 49.4 Å². The molecule has 2 aliphatic carbocycles. The van der Waals surface area contributed by atoms with Crippen molar-refractivity contribution in [2.75, 3.05) is 39.8 Å². The third-order valence-electron chi connectivity index (χ3n) is 7.30. The van der Waals surface area contributed by atoms with Crippen LogP contribution in [0.5, 0.6) is 0 Å². The van der Waals surface area contributed by atoms with Crippen LogP contribution in [0, 0.1) is 17.8 Å². The summed E-state index contributed by atoms with van der Waals surface area (Å²) < 4.78 is 5.83. The molecule has 0 N–H and O–H groups in total. The molecule has 1 heterocycles. The molecule has 1 saturated heterocycles. The van der Waals surface area contributed by atoms with Gasteiger partial charge in [-0.1, -0.05) is 6.58 Å². The van der Waals surface area contributed by atoms with Gasteiger partial charge in [0.1, 0.15) is 0 Å². The third-order valence-corrected chi connectivity index (χ3v) is 8.74. The quantitative estimate of drug-likeness (QED) is 0.431. The van der Waals surface area contributed by atoms with E-state index in [1.165, 1.54) is 6.08 Å². The number of amides is 1. The molecule has 0 bridgehead atoms. The lowest BCUT2D eigenvalue weighted by Gasteiger charge is -2.45. The minimum absolute atomic E-state index is 0.0353. The maximum absolute atomic E-state index is 11.8. The molecule has 0 aromatic carbocycles. The topological polar surface area (TPSA) is 32.8 Å². The molecule has 2 saturated carbocycles. The number of ether oxygens (including phenoxy) is 1. The van der Waals surface area contributed by atoms with Gasteiger partial charge >= 0.3 is 0 Å². The molecule has 3 aliphatic rings. The highest BCUT2D eigenvalue weighted by atomic mass is 35.5. The molecular formula is C22H35Cl3N2O2. The highest BCUT2D eigenvalue weighted by molar-refractivity contribution is 6.23. The van der Waals surface area contributed by atoms with E-state index in [2.05, 4.69) is 11.5 Å². The zero-order valence-electron chi connectivity index (χ0n) is 17.4. The van der Waals surface area contributed by atoms with Crippen LogP contribution in [0.2, 0.25) is 0 Å². The Morgan fingerprint density at radius 1 is 1.03 bits per heavy atom. The van der Waals surface area contributed by atoms with E-state index in [4.69, 9.17) is 39.5 Å². The molecule has 3 rings (SSSR count). The van der Waals surface area contributed by atoms with Gasteiger partial charge in [-0.3, -0.25) is 9.69 Å². The number of hydrogen-bond acceptors (Lipinski definition) is 3. The number of piperazine rings is 1. The van der Waals surface area contributed by atoms with Crippen LogP contribution in [-0.4, -0.2) is 77.8 Å². The summed E-state index contributed by atoms with van der Waals surface area (Å²) in [5.41, 5.74) is 0. The summed E-state index contributed by atoms with van der Waals surface area (Å²) in [6.07, 6.45) is 7.65. The van der Waals surface area contributed by atoms with E-state index in [1.807, 2.05) is 4.90 Å². The highest BCUT2D eigenvalue weighted by Gasteiger charge is 2.43. The minimum Gasteiger partial charge on any atom is -0.381 e. The second-order valence-electron chi connectivity index (χ2n) is 8.94. The Kier molecular flexibility index (Phi) is 9.01. The Balaban J connectivity index is 1.54. The smallest absolute Gasteiger partial charge is 0.246 e. The molecule has 7 atom stereocenters. The van der Waals surface area contributed by atoms with E-state index in [-0.39, 0.29) is 28.1 Å². The van der Waals surface area contributed by atoms with E-state index in [9.17, 15) is 4.79 Å². The fraction of sp³-hybridized carbons (Fsp3) is 0.864. The predicted molar refractivity (Wildman–Crippen MR) is 121 cm³/mol. The average molecular weight is 466 g/mol. The largest absolute Gasteiger partial charge is 0.381 e. The Morgan fingerprint density at radius 3 is 2.38 bits per heavy atom. The number of alkyl halides is 3. The molecule has 0 spiro atoms. The van der Waals surface area contributed by atoms with Crippen LogP contribution in [0.25, 0.3) is 0 Å². The summed E-state index contributed by atoms with van der Waals surface area (Å²) in [6, 6.07) is 0. The van der Waals surface area contributed by atoms with Gasteiger partial charge in [0.25, 0.3) is 0 Å². The van der Waals surface area contributed by atoms with Crippen molar-refractivity contribution in [3.05, 3.63) is 12.7 Å². The SMILES string of the molecule is C=CC(=O)N1CCN(CCC2CC(C3CC(Cl)CCC3Cl)C(Cl)CC2OC)CC1. The summed E-state index contributed by atoms with van der Waals surface area (Å²) >= 11 is 20.0. The number of methoxy groups -OCH3 is 1. The second-order valence-corrected chi connectivity index (χ2v) is 10.7. The molecule has 7 unspecified atom stereocenters. The molecule has 1 aliphatic heterocycles. The standard InChI is InChI=1S/C22H35Cl3N2O2/c1-3-22(28)27-10-8-26(9-11-27)7-6-15-12-17(20(25)14-21(15)29-2)18-13-16(23)4-5-19(18)24/h3,15-21H,1,4-14H2,2H3. The molecule has 3 fully saturated rings. The Hall–Kier alpha value is -0.0000000000000000763. The third kappa shape index (κ3) is 6.04. The summed E-state index contributed by atoms with van der Waals surface area (Å²) in [5, 5.41) is 0.524. The first-order chi connectivity index (χ1) is 13.9. The van der Waals surface area contributed by atoms with Gasteiger partial charge < -0.3 is 9.64 Å². The average Bonchev–Trinajstić information content (AvgIpc) is 2.74. The van der Waals surface area contributed by atoms with Crippen molar-refractivity contribution in [2.24, 2.45) is 17.8 Å². The van der Waals surface area contributed by atoms with Crippen LogP contribution < -0.4 is 0 Å². The van der Waals surface area contributed by atoms with E-state index < -0.39 is 0 Å². The van der Waals surface area contributed by atoms with Crippen LogP contribution in [0.15, 0.2) is 12.7 Å². The van der Waals surface area contributed by atoms with Gasteiger partial charge in [0.05, 0.1) is 6.10 Å². The van der Waals surface area contributed by atoms with Crippen molar-refractivity contribution in [1.29, 1.82) is 0 Å². The Morgan fingerprint density at radius 2 is 1.72 bits per heavy atom. The van der Waals surface area contributed by atoms with E-state index in [0.29, 0.717) is 17.8 Å². The number of nitrogens with zero attached hydrogens (tertiary/aromatic N) is 2. The highest BCUT2D eigenvalue weighted by Crippen LogP contribution is 2.46. The van der Waals surface area contributed by atoms with Crippen LogP contribution in [0.1, 0.15) is 38.5 Å². The van der Waals surface area contributed by atoms with Gasteiger partial charge in [-0.25, -0.2) is 0 Å². The number of hydrogen-bond donors (Lipinski definition) is 0. The molecule has 0 aromatic rings. The maximum Gasteiger partial charge on any atom is 0.246 e. The molecular weight excluding hydrogens is 431 g/mol. The molecule has 0 radical (unpaired) electrons. The minimum atomic E-state index is 0.0353. The van der Waals surface area contributed by atoms with Crippen molar-refractivity contribution < 1.29 is 9.53 Å². The molecule has 7 heteroatoms. The zero-order valence-corrected chi connectivity index (χ0v) is 19.7. The van der Waals surface area contributed by atoms with Crippen molar-refractivity contribution >= 4 is 40.7 Å². The van der Waals surface area contributed by atoms with Crippen LogP contribution >= 0.6 is 34.8 Å². The lowest BCUT2D eigenvalue weighted by Crippen LogP contribution is -2.49. The molecule has 166 valence electrons. The molecule has 29 heavy (non-hydrogen) atoms. The Labute approximate surface area is 190 Å². The number of rotatable bonds is 6. The predicted octanol–water partition coefficient (Wildman–Crippen LogP) is 4.37. The lowest BCUT2D eigenvalue weighted by atomic mass is 9.68. The fourth-order valence-corrected chi connectivity index (χ4v) is 6.71. The first-order valence-corrected chi connectivity index (χ1v) is 12.3. The normalized spacial score (nSPS) is 39.3. The van der Waals surface area contributed by atoms with Crippen molar-refractivity contribution in [3.8, 4) is 0 Å². The second kappa shape index (κ2) is 11.0. The number of halogens is 3. The summed E-state index contributed by atoms with van der Waals surface area (Å²) in [5.74, 6) is 1.35. The molecule has 1 amide bonds. The van der Waals surface area contributed by atoms with E-state index >= 15 is 0 Å². The van der Waals surface area contributed by atoms with Crippen molar-refractivity contribution in [1.82, 2.24) is 9.80 Å². The van der Waals surface area contributed by atoms with Crippen molar-refractivity contribution in [3.63, 3.8) is 0 Å².